The topological polar surface area (TPSA) is 101 Å². The zero-order valence-corrected chi connectivity index (χ0v) is 29.6. The van der Waals surface area contributed by atoms with Gasteiger partial charge in [0, 0.05) is 6.42 Å². The van der Waals surface area contributed by atoms with Crippen molar-refractivity contribution >= 4 is 62.5 Å². The van der Waals surface area contributed by atoms with Gasteiger partial charge < -0.3 is 10.8 Å². The Morgan fingerprint density at radius 3 is 1.05 bits per heavy atom. The molecule has 0 spiro atoms. The molecule has 0 aliphatic rings. The van der Waals surface area contributed by atoms with Gasteiger partial charge in [0.25, 0.3) is 0 Å². The molecule has 0 atom stereocenters. The predicted octanol–water partition coefficient (Wildman–Crippen LogP) is 9.75. The second-order valence-corrected chi connectivity index (χ2v) is 11.6. The van der Waals surface area contributed by atoms with Crippen molar-refractivity contribution in [3.05, 3.63) is 0 Å². The van der Waals surface area contributed by atoms with Gasteiger partial charge in [-0.05, 0) is 12.8 Å². The zero-order valence-electron chi connectivity index (χ0n) is 29.9. The van der Waals surface area contributed by atoms with Crippen molar-refractivity contribution < 1.29 is 32.8 Å². The third kappa shape index (κ3) is 52.0. The predicted molar refractivity (Wildman–Crippen MR) is 172 cm³/mol. The van der Waals surface area contributed by atoms with Crippen LogP contribution in [-0.2, 0) is 19.4 Å². The van der Waals surface area contributed by atoms with E-state index in [-0.39, 0.29) is 58.4 Å². The van der Waals surface area contributed by atoms with E-state index in [4.69, 9.17) is 9.66 Å². The fraction of sp³-hybridized carbons (Fsp3) is 0.967. The Kier molecular flexibility index (Phi) is 46.7. The van der Waals surface area contributed by atoms with E-state index in [0.717, 1.165) is 25.7 Å². The molecule has 2 N–H and O–H groups in total. The van der Waals surface area contributed by atoms with Crippen LogP contribution in [0.2, 0.25) is 0 Å². The number of carbonyl (C=O) groups is 1. The first-order chi connectivity index (χ1) is 17.8. The Morgan fingerprint density at radius 2 is 0.795 bits per heavy atom. The fourth-order valence-corrected chi connectivity index (χ4v) is 4.73. The monoisotopic (exact) mass is 602 g/mol. The first-order valence-corrected chi connectivity index (χ1v) is 17.0. The van der Waals surface area contributed by atoms with Crippen LogP contribution in [0, 0.1) is 0 Å². The zero-order chi connectivity index (χ0) is 27.9. The van der Waals surface area contributed by atoms with Gasteiger partial charge >= 0.3 is 62.5 Å². The number of carboxylic acids is 1. The normalized spacial score (nSPS) is 10.7. The third-order valence-corrected chi connectivity index (χ3v) is 7.19. The maximum atomic E-state index is 10.3. The molecule has 0 aromatic heterocycles. The minimum Gasteiger partial charge on any atom is -1.00 e. The van der Waals surface area contributed by atoms with Crippen molar-refractivity contribution in [3.8, 4) is 0 Å². The van der Waals surface area contributed by atoms with Crippen LogP contribution in [0.5, 0.6) is 0 Å². The number of hydrogen-bond donors (Lipinski definition) is 2. The first kappa shape index (κ1) is 46.8. The standard InChI is InChI=1S/C18H36O2.C12H26O4S.2Mg.4H/c1-2-3-4-5-6-7-8-9-10-11-12-13-14-15-16-17-18(19)20;1-2-3-4-5-6-7-8-9-10-11-12-16-17(13,14)15;;;;;;/h2-17H2,1H3,(H,19,20);2-12H2,1H3,(H,13,14,15);;;;;;/q;;2*+2;4*-1. The van der Waals surface area contributed by atoms with Crippen molar-refractivity contribution in [2.24, 2.45) is 0 Å². The van der Waals surface area contributed by atoms with E-state index in [2.05, 4.69) is 18.0 Å². The maximum absolute atomic E-state index is 10.3. The molecule has 0 heterocycles. The summed E-state index contributed by atoms with van der Waals surface area (Å²) in [6, 6.07) is 0. The number of hydrogen-bond acceptors (Lipinski definition) is 4. The molecule has 0 unspecified atom stereocenters. The van der Waals surface area contributed by atoms with Gasteiger partial charge in [-0.1, -0.05) is 162 Å². The van der Waals surface area contributed by atoms with E-state index >= 15 is 0 Å². The number of rotatable bonds is 28. The molecule has 0 fully saturated rings. The maximum Gasteiger partial charge on any atom is 2.00 e. The summed E-state index contributed by atoms with van der Waals surface area (Å²) in [5.74, 6) is -0.653. The minimum absolute atomic E-state index is 0. The molecule has 0 rings (SSSR count). The molecule has 0 aromatic rings. The van der Waals surface area contributed by atoms with Crippen molar-refractivity contribution in [1.82, 2.24) is 0 Å². The molecular weight excluding hydrogens is 537 g/mol. The average Bonchev–Trinajstić information content (AvgIpc) is 2.84. The number of carboxylic acid groups (broad SMARTS) is 1. The van der Waals surface area contributed by atoms with E-state index < -0.39 is 16.4 Å². The fourth-order valence-electron chi connectivity index (χ4n) is 4.40. The minimum atomic E-state index is -4.23. The molecule has 0 radical (unpaired) electrons. The van der Waals surface area contributed by atoms with E-state index in [1.165, 1.54) is 128 Å². The van der Waals surface area contributed by atoms with Gasteiger partial charge in [0.2, 0.25) is 0 Å². The summed E-state index contributed by atoms with van der Waals surface area (Å²) in [7, 11) is -4.23. The summed E-state index contributed by atoms with van der Waals surface area (Å²) in [6.07, 6.45) is 32.1. The Bertz CT molecular complexity index is 581. The van der Waals surface area contributed by atoms with Gasteiger partial charge in [0.1, 0.15) is 0 Å². The van der Waals surface area contributed by atoms with E-state index in [9.17, 15) is 13.2 Å². The molecular formula is C30H66Mg2O6S. The third-order valence-electron chi connectivity index (χ3n) is 6.72. The SMILES string of the molecule is CCCCCCCCCCCCCCCCCC(=O)O.CCCCCCCCCCCCOS(=O)(=O)O.[H-].[H-].[H-].[H-].[Mg+2].[Mg+2]. The van der Waals surface area contributed by atoms with Crippen LogP contribution in [0.15, 0.2) is 0 Å². The van der Waals surface area contributed by atoms with Crippen molar-refractivity contribution in [1.29, 1.82) is 0 Å². The van der Waals surface area contributed by atoms with Gasteiger partial charge in [-0.2, -0.15) is 8.42 Å². The van der Waals surface area contributed by atoms with E-state index in [1.54, 1.807) is 0 Å². The molecule has 0 saturated carbocycles. The van der Waals surface area contributed by atoms with Gasteiger partial charge in [-0.15, -0.1) is 0 Å². The second kappa shape index (κ2) is 38.9. The van der Waals surface area contributed by atoms with Gasteiger partial charge in [-0.25, -0.2) is 4.18 Å². The second-order valence-electron chi connectivity index (χ2n) is 10.5. The molecule has 0 saturated heterocycles. The molecule has 0 bridgehead atoms. The molecule has 0 aliphatic carbocycles. The Hall–Kier alpha value is 0.872. The molecule has 0 amide bonds. The molecule has 232 valence electrons. The Balaban J connectivity index is -0.0000000841. The molecule has 9 heteroatoms. The van der Waals surface area contributed by atoms with Crippen LogP contribution in [-0.4, -0.2) is 76.8 Å². The van der Waals surface area contributed by atoms with Crippen molar-refractivity contribution in [2.45, 2.75) is 181 Å². The van der Waals surface area contributed by atoms with Crippen molar-refractivity contribution in [3.63, 3.8) is 0 Å². The number of unbranched alkanes of at least 4 members (excludes halogenated alkanes) is 23. The van der Waals surface area contributed by atoms with Crippen LogP contribution < -0.4 is 0 Å². The van der Waals surface area contributed by atoms with Crippen LogP contribution >= 0.6 is 0 Å². The molecule has 0 aliphatic heterocycles. The van der Waals surface area contributed by atoms with Crippen molar-refractivity contribution in [2.75, 3.05) is 6.61 Å². The van der Waals surface area contributed by atoms with Gasteiger partial charge in [0.15, 0.2) is 0 Å². The Morgan fingerprint density at radius 1 is 0.538 bits per heavy atom. The molecule has 39 heavy (non-hydrogen) atoms. The van der Waals surface area contributed by atoms with Crippen LogP contribution in [0.1, 0.15) is 186 Å². The molecule has 0 aromatic carbocycles. The summed E-state index contributed by atoms with van der Waals surface area (Å²) in [5.41, 5.74) is 0. The summed E-state index contributed by atoms with van der Waals surface area (Å²) in [4.78, 5) is 10.3. The molecule has 6 nitrogen and oxygen atoms in total. The van der Waals surface area contributed by atoms with Crippen LogP contribution in [0.25, 0.3) is 0 Å². The summed E-state index contributed by atoms with van der Waals surface area (Å²) < 4.78 is 33.0. The smallest absolute Gasteiger partial charge is 1.00 e. The first-order valence-electron chi connectivity index (χ1n) is 15.7. The number of aliphatic carboxylic acids is 1. The Labute approximate surface area is 281 Å². The van der Waals surface area contributed by atoms with E-state index in [0.29, 0.717) is 12.8 Å². The summed E-state index contributed by atoms with van der Waals surface area (Å²) in [5, 5.41) is 8.52. The largest absolute Gasteiger partial charge is 2.00 e. The van der Waals surface area contributed by atoms with Crippen LogP contribution in [0.4, 0.5) is 0 Å². The van der Waals surface area contributed by atoms with Gasteiger partial charge in [0.05, 0.1) is 6.61 Å². The van der Waals surface area contributed by atoms with Gasteiger partial charge in [-0.3, -0.25) is 9.35 Å². The summed E-state index contributed by atoms with van der Waals surface area (Å²) >= 11 is 0. The van der Waals surface area contributed by atoms with Crippen LogP contribution in [0.3, 0.4) is 0 Å². The quantitative estimate of drug-likeness (QED) is 0.0525. The average molecular weight is 604 g/mol. The summed E-state index contributed by atoms with van der Waals surface area (Å²) in [6.45, 7) is 4.58. The van der Waals surface area contributed by atoms with E-state index in [1.807, 2.05) is 0 Å².